The van der Waals surface area contributed by atoms with Gasteiger partial charge in [0.15, 0.2) is 10.3 Å². The van der Waals surface area contributed by atoms with Crippen LogP contribution in [0.3, 0.4) is 0 Å². The molecule has 2 N–H and O–H groups in total. The second-order valence-corrected chi connectivity index (χ2v) is 5.16. The standard InChI is InChI=1S/C12H17Cl2N3O2/c1-3-12(4-2,7-18)6-15-11(19)8-5-9(13)16-17-10(8)14/h5,18H,3-4,6-7H2,1-2H3,(H,15,19). The van der Waals surface area contributed by atoms with E-state index in [1.807, 2.05) is 13.8 Å². The number of rotatable bonds is 6. The van der Waals surface area contributed by atoms with Crippen molar-refractivity contribution >= 4 is 29.1 Å². The lowest BCUT2D eigenvalue weighted by atomic mass is 9.83. The van der Waals surface area contributed by atoms with Crippen LogP contribution in [0.15, 0.2) is 6.07 Å². The second kappa shape index (κ2) is 7.03. The Hall–Kier alpha value is -0.910. The third kappa shape index (κ3) is 4.03. The Morgan fingerprint density at radius 1 is 1.37 bits per heavy atom. The van der Waals surface area contributed by atoms with Crippen LogP contribution < -0.4 is 5.32 Å². The highest BCUT2D eigenvalue weighted by Gasteiger charge is 2.26. The quantitative estimate of drug-likeness (QED) is 0.845. The summed E-state index contributed by atoms with van der Waals surface area (Å²) in [7, 11) is 0. The monoisotopic (exact) mass is 305 g/mol. The minimum Gasteiger partial charge on any atom is -0.396 e. The van der Waals surface area contributed by atoms with E-state index in [1.54, 1.807) is 0 Å². The molecule has 0 aliphatic heterocycles. The zero-order valence-corrected chi connectivity index (χ0v) is 12.4. The molecule has 5 nitrogen and oxygen atoms in total. The van der Waals surface area contributed by atoms with Crippen LogP contribution in [0, 0.1) is 5.41 Å². The first-order valence-corrected chi connectivity index (χ1v) is 6.81. The number of aromatic nitrogens is 2. The van der Waals surface area contributed by atoms with E-state index in [4.69, 9.17) is 23.2 Å². The number of hydrogen-bond acceptors (Lipinski definition) is 4. The van der Waals surface area contributed by atoms with E-state index in [2.05, 4.69) is 15.5 Å². The van der Waals surface area contributed by atoms with Crippen molar-refractivity contribution in [2.24, 2.45) is 5.41 Å². The molecule has 0 aliphatic carbocycles. The maximum atomic E-state index is 12.0. The van der Waals surface area contributed by atoms with Crippen LogP contribution in [-0.2, 0) is 0 Å². The van der Waals surface area contributed by atoms with Crippen molar-refractivity contribution in [2.75, 3.05) is 13.2 Å². The highest BCUT2D eigenvalue weighted by Crippen LogP contribution is 2.24. The summed E-state index contributed by atoms with van der Waals surface area (Å²) in [5, 5.41) is 19.4. The molecule has 0 spiro atoms. The first-order chi connectivity index (χ1) is 8.98. The summed E-state index contributed by atoms with van der Waals surface area (Å²) in [4.78, 5) is 12.0. The Balaban J connectivity index is 2.77. The number of halogens is 2. The summed E-state index contributed by atoms with van der Waals surface area (Å²) >= 11 is 11.5. The van der Waals surface area contributed by atoms with Gasteiger partial charge in [-0.25, -0.2) is 0 Å². The first kappa shape index (κ1) is 16.1. The molecule has 1 aromatic heterocycles. The zero-order chi connectivity index (χ0) is 14.5. The molecule has 0 fully saturated rings. The number of nitrogens with zero attached hydrogens (tertiary/aromatic N) is 2. The lowest BCUT2D eigenvalue weighted by Crippen LogP contribution is -2.39. The maximum absolute atomic E-state index is 12.0. The lowest BCUT2D eigenvalue weighted by Gasteiger charge is -2.29. The molecule has 0 radical (unpaired) electrons. The molecule has 1 heterocycles. The SMILES string of the molecule is CCC(CC)(CO)CNC(=O)c1cc(Cl)nnc1Cl. The molecule has 1 aromatic rings. The summed E-state index contributed by atoms with van der Waals surface area (Å²) in [6.45, 7) is 4.34. The fraction of sp³-hybridized carbons (Fsp3) is 0.583. The highest BCUT2D eigenvalue weighted by atomic mass is 35.5. The van der Waals surface area contributed by atoms with Gasteiger partial charge in [-0.15, -0.1) is 10.2 Å². The topological polar surface area (TPSA) is 75.1 Å². The average Bonchev–Trinajstić information content (AvgIpc) is 2.43. The minimum absolute atomic E-state index is 0.00416. The van der Waals surface area contributed by atoms with Gasteiger partial charge in [0.2, 0.25) is 0 Å². The van der Waals surface area contributed by atoms with E-state index in [9.17, 15) is 9.90 Å². The van der Waals surface area contributed by atoms with E-state index >= 15 is 0 Å². The molecular weight excluding hydrogens is 289 g/mol. The molecule has 0 atom stereocenters. The second-order valence-electron chi connectivity index (χ2n) is 4.42. The number of amides is 1. The van der Waals surface area contributed by atoms with Crippen LogP contribution >= 0.6 is 23.2 Å². The van der Waals surface area contributed by atoms with Gasteiger partial charge in [0, 0.05) is 12.0 Å². The third-order valence-electron chi connectivity index (χ3n) is 3.42. The Morgan fingerprint density at radius 2 is 2.00 bits per heavy atom. The van der Waals surface area contributed by atoms with Crippen LogP contribution in [0.2, 0.25) is 10.3 Å². The van der Waals surface area contributed by atoms with Gasteiger partial charge in [-0.3, -0.25) is 4.79 Å². The molecule has 0 aromatic carbocycles. The summed E-state index contributed by atoms with van der Waals surface area (Å²) < 4.78 is 0. The van der Waals surface area contributed by atoms with Gasteiger partial charge in [0.05, 0.1) is 12.2 Å². The molecule has 1 amide bonds. The van der Waals surface area contributed by atoms with E-state index in [0.717, 1.165) is 12.8 Å². The molecule has 19 heavy (non-hydrogen) atoms. The Bertz CT molecular complexity index is 442. The molecule has 1 rings (SSSR count). The maximum Gasteiger partial charge on any atom is 0.254 e. The van der Waals surface area contributed by atoms with Crippen LogP contribution in [0.25, 0.3) is 0 Å². The molecule has 0 unspecified atom stereocenters. The van der Waals surface area contributed by atoms with E-state index < -0.39 is 0 Å². The lowest BCUT2D eigenvalue weighted by molar-refractivity contribution is 0.0850. The van der Waals surface area contributed by atoms with Gasteiger partial charge in [-0.2, -0.15) is 0 Å². The highest BCUT2D eigenvalue weighted by molar-refractivity contribution is 6.34. The number of hydrogen-bond donors (Lipinski definition) is 2. The number of carbonyl (C=O) groups is 1. The van der Waals surface area contributed by atoms with Gasteiger partial charge in [0.1, 0.15) is 0 Å². The smallest absolute Gasteiger partial charge is 0.254 e. The Labute approximate surface area is 122 Å². The summed E-state index contributed by atoms with van der Waals surface area (Å²) in [6.07, 6.45) is 1.53. The van der Waals surface area contributed by atoms with Crippen LogP contribution in [-0.4, -0.2) is 34.4 Å². The van der Waals surface area contributed by atoms with Crippen molar-refractivity contribution in [3.05, 3.63) is 21.9 Å². The Kier molecular flexibility index (Phi) is 5.97. The van der Waals surface area contributed by atoms with Crippen LogP contribution in [0.4, 0.5) is 0 Å². The van der Waals surface area contributed by atoms with Gasteiger partial charge in [-0.05, 0) is 18.9 Å². The predicted octanol–water partition coefficient (Wildman–Crippen LogP) is 2.31. The summed E-state index contributed by atoms with van der Waals surface area (Å²) in [6, 6.07) is 1.37. The van der Waals surface area contributed by atoms with Crippen LogP contribution in [0.5, 0.6) is 0 Å². The molecule has 0 bridgehead atoms. The van der Waals surface area contributed by atoms with Crippen molar-refractivity contribution in [3.63, 3.8) is 0 Å². The van der Waals surface area contributed by atoms with Gasteiger partial charge < -0.3 is 10.4 Å². The largest absolute Gasteiger partial charge is 0.396 e. The molecule has 7 heteroatoms. The van der Waals surface area contributed by atoms with Gasteiger partial charge in [0.25, 0.3) is 5.91 Å². The Morgan fingerprint density at radius 3 is 2.53 bits per heavy atom. The van der Waals surface area contributed by atoms with E-state index in [-0.39, 0.29) is 33.8 Å². The fourth-order valence-electron chi connectivity index (χ4n) is 1.65. The normalized spacial score (nSPS) is 11.4. The molecule has 0 saturated carbocycles. The molecule has 106 valence electrons. The van der Waals surface area contributed by atoms with Crippen LogP contribution in [0.1, 0.15) is 37.0 Å². The number of aliphatic hydroxyl groups is 1. The van der Waals surface area contributed by atoms with Crippen molar-refractivity contribution < 1.29 is 9.90 Å². The molecule has 0 aliphatic rings. The number of nitrogens with one attached hydrogen (secondary N) is 1. The molecule has 0 saturated heterocycles. The van der Waals surface area contributed by atoms with E-state index in [1.165, 1.54) is 6.07 Å². The van der Waals surface area contributed by atoms with Gasteiger partial charge in [-0.1, -0.05) is 37.0 Å². The predicted molar refractivity (Wildman–Crippen MR) is 74.5 cm³/mol. The minimum atomic E-state index is -0.374. The average molecular weight is 306 g/mol. The van der Waals surface area contributed by atoms with Crippen molar-refractivity contribution in [1.29, 1.82) is 0 Å². The van der Waals surface area contributed by atoms with Crippen molar-refractivity contribution in [1.82, 2.24) is 15.5 Å². The van der Waals surface area contributed by atoms with Crippen molar-refractivity contribution in [3.8, 4) is 0 Å². The number of carbonyl (C=O) groups excluding carboxylic acids is 1. The zero-order valence-electron chi connectivity index (χ0n) is 10.9. The fourth-order valence-corrected chi connectivity index (χ4v) is 1.98. The summed E-state index contributed by atoms with van der Waals surface area (Å²) in [5.74, 6) is -0.374. The summed E-state index contributed by atoms with van der Waals surface area (Å²) in [5.41, 5.74) is -0.132. The van der Waals surface area contributed by atoms with Gasteiger partial charge >= 0.3 is 0 Å². The first-order valence-electron chi connectivity index (χ1n) is 6.05. The van der Waals surface area contributed by atoms with E-state index in [0.29, 0.717) is 6.54 Å². The van der Waals surface area contributed by atoms with Crippen molar-refractivity contribution in [2.45, 2.75) is 26.7 Å². The number of aliphatic hydroxyl groups excluding tert-OH is 1. The third-order valence-corrected chi connectivity index (χ3v) is 3.89. The molecular formula is C12H17Cl2N3O2.